The van der Waals surface area contributed by atoms with E-state index in [0.717, 1.165) is 21.4 Å². The monoisotopic (exact) mass is 243 g/mol. The molecule has 0 spiro atoms. The Kier molecular flexibility index (Phi) is 2.27. The average Bonchev–Trinajstić information content (AvgIpc) is 2.32. The van der Waals surface area contributed by atoms with Gasteiger partial charge in [0.05, 0.1) is 0 Å². The predicted octanol–water partition coefficient (Wildman–Crippen LogP) is 4.95. The quantitative estimate of drug-likeness (QED) is 0.523. The topological polar surface area (TPSA) is 30.2 Å². The molecule has 3 aromatic rings. The standard InChI is InChI=1S/C14H12O2P/c1-9-3-5-11-13(7-9)17(15)14-8-10(2)4-6-12(14)16-11/h3-8H,1-2H3/q+1. The van der Waals surface area contributed by atoms with E-state index in [9.17, 15) is 4.57 Å². The molecule has 1 aromatic heterocycles. The van der Waals surface area contributed by atoms with Crippen molar-refractivity contribution in [2.45, 2.75) is 13.8 Å². The number of hydrogen-bond acceptors (Lipinski definition) is 2. The lowest BCUT2D eigenvalue weighted by molar-refractivity contribution is 0.600. The van der Waals surface area contributed by atoms with Gasteiger partial charge in [-0.25, -0.2) is 0 Å². The molecule has 3 rings (SSSR count). The highest BCUT2D eigenvalue weighted by Gasteiger charge is 2.18. The summed E-state index contributed by atoms with van der Waals surface area (Å²) in [4.78, 5) is 0. The van der Waals surface area contributed by atoms with E-state index in [4.69, 9.17) is 4.42 Å². The van der Waals surface area contributed by atoms with Crippen molar-refractivity contribution in [2.24, 2.45) is 0 Å². The first-order chi connectivity index (χ1) is 8.15. The molecule has 0 amide bonds. The lowest BCUT2D eigenvalue weighted by Crippen LogP contribution is -1.77. The van der Waals surface area contributed by atoms with Gasteiger partial charge in [0, 0.05) is 0 Å². The van der Waals surface area contributed by atoms with Crippen LogP contribution in [-0.2, 0) is 4.57 Å². The van der Waals surface area contributed by atoms with Crippen molar-refractivity contribution in [2.75, 3.05) is 0 Å². The molecular weight excluding hydrogens is 231 g/mol. The van der Waals surface area contributed by atoms with E-state index in [1.165, 1.54) is 0 Å². The minimum absolute atomic E-state index is 0.716. The summed E-state index contributed by atoms with van der Waals surface area (Å²) in [5, 5.41) is 1.61. The second-order valence-electron chi connectivity index (χ2n) is 4.34. The molecule has 2 nitrogen and oxygen atoms in total. The van der Waals surface area contributed by atoms with Crippen LogP contribution in [0.2, 0.25) is 0 Å². The third-order valence-electron chi connectivity index (χ3n) is 2.89. The van der Waals surface area contributed by atoms with Gasteiger partial charge in [0.25, 0.3) is 0 Å². The molecule has 0 N–H and O–H groups in total. The van der Waals surface area contributed by atoms with Crippen LogP contribution in [-0.4, -0.2) is 0 Å². The molecule has 0 fully saturated rings. The van der Waals surface area contributed by atoms with Crippen LogP contribution in [0.4, 0.5) is 0 Å². The number of hydrogen-bond donors (Lipinski definition) is 0. The first-order valence-corrected chi connectivity index (χ1v) is 6.77. The third-order valence-corrected chi connectivity index (χ3v) is 4.46. The summed E-state index contributed by atoms with van der Waals surface area (Å²) >= 11 is 0. The van der Waals surface area contributed by atoms with Crippen molar-refractivity contribution in [1.82, 2.24) is 0 Å². The summed E-state index contributed by atoms with van der Waals surface area (Å²) in [5.74, 6) is 0. The molecule has 17 heavy (non-hydrogen) atoms. The molecule has 0 saturated carbocycles. The highest BCUT2D eigenvalue weighted by Crippen LogP contribution is 2.37. The number of benzene rings is 2. The van der Waals surface area contributed by atoms with Gasteiger partial charge < -0.3 is 4.42 Å². The van der Waals surface area contributed by atoms with Crippen LogP contribution in [0, 0.1) is 13.8 Å². The van der Waals surface area contributed by atoms with Crippen molar-refractivity contribution < 1.29 is 8.98 Å². The fourth-order valence-corrected chi connectivity index (χ4v) is 3.54. The maximum atomic E-state index is 12.5. The molecule has 2 aromatic carbocycles. The summed E-state index contributed by atoms with van der Waals surface area (Å²) in [6.07, 6.45) is 0. The van der Waals surface area contributed by atoms with Gasteiger partial charge in [-0.3, -0.25) is 0 Å². The van der Waals surface area contributed by atoms with Gasteiger partial charge in [-0.2, -0.15) is 0 Å². The highest BCUT2D eigenvalue weighted by molar-refractivity contribution is 7.48. The van der Waals surface area contributed by atoms with Crippen LogP contribution >= 0.6 is 7.41 Å². The molecule has 0 saturated heterocycles. The summed E-state index contributed by atoms with van der Waals surface area (Å²) < 4.78 is 18.3. The minimum Gasteiger partial charge on any atom is -0.448 e. The molecule has 0 aliphatic rings. The van der Waals surface area contributed by atoms with E-state index in [-0.39, 0.29) is 0 Å². The fourth-order valence-electron chi connectivity index (χ4n) is 1.99. The van der Waals surface area contributed by atoms with Gasteiger partial charge in [0.15, 0.2) is 11.2 Å². The van der Waals surface area contributed by atoms with Gasteiger partial charge in [-0.05, 0) is 49.2 Å². The van der Waals surface area contributed by atoms with Crippen molar-refractivity contribution >= 4 is 28.8 Å². The molecule has 1 heterocycles. The number of aryl methyl sites for hydroxylation is 2. The van der Waals surface area contributed by atoms with Crippen LogP contribution in [0.15, 0.2) is 40.8 Å². The SMILES string of the molecule is Cc1ccc2oc3ccc(C)cc3[p+](=O)c2c1. The van der Waals surface area contributed by atoms with Gasteiger partial charge in [-0.1, -0.05) is 16.7 Å². The maximum absolute atomic E-state index is 12.5. The van der Waals surface area contributed by atoms with E-state index < -0.39 is 7.41 Å². The zero-order valence-electron chi connectivity index (χ0n) is 9.73. The van der Waals surface area contributed by atoms with Gasteiger partial charge >= 0.3 is 7.41 Å². The zero-order chi connectivity index (χ0) is 12.0. The fraction of sp³-hybridized carbons (Fsp3) is 0.143. The van der Waals surface area contributed by atoms with Crippen molar-refractivity contribution in [3.63, 3.8) is 0 Å². The molecular formula is C14H12O2P+. The Hall–Kier alpha value is -1.66. The molecule has 0 bridgehead atoms. The van der Waals surface area contributed by atoms with Crippen molar-refractivity contribution in [1.29, 1.82) is 0 Å². The molecule has 0 unspecified atom stereocenters. The van der Waals surface area contributed by atoms with Crippen LogP contribution in [0.3, 0.4) is 0 Å². The van der Waals surface area contributed by atoms with Crippen molar-refractivity contribution in [3.8, 4) is 0 Å². The van der Waals surface area contributed by atoms with Crippen LogP contribution < -0.4 is 0 Å². The summed E-state index contributed by atoms with van der Waals surface area (Å²) in [7, 11) is -1.53. The summed E-state index contributed by atoms with van der Waals surface area (Å²) in [5.41, 5.74) is 3.64. The van der Waals surface area contributed by atoms with E-state index >= 15 is 0 Å². The lowest BCUT2D eigenvalue weighted by atomic mass is 10.2. The molecule has 3 heteroatoms. The second kappa shape index (κ2) is 3.68. The molecule has 0 aliphatic carbocycles. The van der Waals surface area contributed by atoms with Crippen molar-refractivity contribution in [3.05, 3.63) is 47.5 Å². The van der Waals surface area contributed by atoms with Gasteiger partial charge in [0.2, 0.25) is 10.2 Å². The summed E-state index contributed by atoms with van der Waals surface area (Å²) in [6, 6.07) is 11.6. The summed E-state index contributed by atoms with van der Waals surface area (Å²) in [6.45, 7) is 3.99. The third kappa shape index (κ3) is 1.65. The molecule has 0 radical (unpaired) electrons. The Balaban J connectivity index is 2.58. The Labute approximate surface area is 99.6 Å². The molecule has 0 aliphatic heterocycles. The number of rotatable bonds is 0. The Morgan fingerprint density at radius 2 is 1.35 bits per heavy atom. The molecule has 84 valence electrons. The Morgan fingerprint density at radius 3 is 1.82 bits per heavy atom. The largest absolute Gasteiger partial charge is 0.448 e. The smallest absolute Gasteiger partial charge is 0.423 e. The molecule has 0 atom stereocenters. The minimum atomic E-state index is -1.53. The van der Waals surface area contributed by atoms with E-state index in [1.54, 1.807) is 0 Å². The van der Waals surface area contributed by atoms with E-state index in [0.29, 0.717) is 11.2 Å². The highest BCUT2D eigenvalue weighted by atomic mass is 31.1. The predicted molar refractivity (Wildman–Crippen MR) is 70.8 cm³/mol. The van der Waals surface area contributed by atoms with Crippen LogP contribution in [0.1, 0.15) is 11.1 Å². The maximum Gasteiger partial charge on any atom is 0.423 e. The van der Waals surface area contributed by atoms with Gasteiger partial charge in [-0.15, -0.1) is 0 Å². The zero-order valence-corrected chi connectivity index (χ0v) is 10.6. The van der Waals surface area contributed by atoms with E-state index in [2.05, 4.69) is 0 Å². The number of fused-ring (bicyclic) bond motifs is 2. The normalized spacial score (nSPS) is 11.2. The second-order valence-corrected chi connectivity index (χ2v) is 5.89. The first-order valence-electron chi connectivity index (χ1n) is 5.51. The van der Waals surface area contributed by atoms with Crippen LogP contribution in [0.25, 0.3) is 21.4 Å². The Morgan fingerprint density at radius 1 is 0.882 bits per heavy atom. The first kappa shape index (κ1) is 10.5. The average molecular weight is 243 g/mol. The van der Waals surface area contributed by atoms with Gasteiger partial charge in [0.1, 0.15) is 0 Å². The van der Waals surface area contributed by atoms with Crippen LogP contribution in [0.5, 0.6) is 0 Å². The van der Waals surface area contributed by atoms with E-state index in [1.807, 2.05) is 50.2 Å². The Bertz CT molecular complexity index is 724. The lowest BCUT2D eigenvalue weighted by Gasteiger charge is -1.96.